The predicted molar refractivity (Wildman–Crippen MR) is 82.8 cm³/mol. The van der Waals surface area contributed by atoms with Crippen LogP contribution in [0.4, 0.5) is 5.69 Å². The summed E-state index contributed by atoms with van der Waals surface area (Å²) in [6, 6.07) is 7.81. The maximum absolute atomic E-state index is 11.7. The van der Waals surface area contributed by atoms with Gasteiger partial charge in [0.2, 0.25) is 11.8 Å². The highest BCUT2D eigenvalue weighted by atomic mass is 16.2. The fourth-order valence-corrected chi connectivity index (χ4v) is 2.43. The average molecular weight is 289 g/mol. The summed E-state index contributed by atoms with van der Waals surface area (Å²) in [7, 11) is 0. The first-order valence-corrected chi connectivity index (χ1v) is 7.57. The number of nitrogens with zero attached hydrogens (tertiary/aromatic N) is 1. The number of nitrogens with one attached hydrogen (secondary N) is 1. The Balaban J connectivity index is 1.80. The van der Waals surface area contributed by atoms with E-state index < -0.39 is 0 Å². The number of carbonyl (C=O) groups is 2. The van der Waals surface area contributed by atoms with Crippen molar-refractivity contribution in [2.24, 2.45) is 5.73 Å². The number of hydrogen-bond acceptors (Lipinski definition) is 3. The van der Waals surface area contributed by atoms with Crippen LogP contribution in [0.2, 0.25) is 0 Å². The van der Waals surface area contributed by atoms with Gasteiger partial charge in [-0.2, -0.15) is 0 Å². The first-order chi connectivity index (χ1) is 10.2. The molecule has 114 valence electrons. The van der Waals surface area contributed by atoms with Gasteiger partial charge in [0.15, 0.2) is 0 Å². The summed E-state index contributed by atoms with van der Waals surface area (Å²) >= 11 is 0. The minimum absolute atomic E-state index is 0.0576. The maximum atomic E-state index is 11.7. The molecule has 0 atom stereocenters. The summed E-state index contributed by atoms with van der Waals surface area (Å²) in [5.41, 5.74) is 7.38. The van der Waals surface area contributed by atoms with Crippen LogP contribution in [0.15, 0.2) is 24.3 Å². The van der Waals surface area contributed by atoms with E-state index in [1.807, 2.05) is 29.2 Å². The molecule has 0 unspecified atom stereocenters. The summed E-state index contributed by atoms with van der Waals surface area (Å²) in [5, 5.41) is 2.90. The number of nitrogens with two attached hydrogens (primary N) is 1. The summed E-state index contributed by atoms with van der Waals surface area (Å²) in [6.45, 7) is 1.95. The monoisotopic (exact) mass is 289 g/mol. The van der Waals surface area contributed by atoms with E-state index in [1.54, 1.807) is 0 Å². The summed E-state index contributed by atoms with van der Waals surface area (Å²) < 4.78 is 0. The lowest BCUT2D eigenvalue weighted by molar-refractivity contribution is -0.121. The number of anilines is 1. The third-order valence-electron chi connectivity index (χ3n) is 3.67. The van der Waals surface area contributed by atoms with Crippen LogP contribution >= 0.6 is 0 Å². The number of hydrogen-bond donors (Lipinski definition) is 2. The smallest absolute Gasteiger partial charge is 0.227 e. The molecule has 1 aliphatic heterocycles. The lowest BCUT2D eigenvalue weighted by Gasteiger charge is -2.16. The minimum Gasteiger partial charge on any atom is -0.352 e. The molecule has 1 fully saturated rings. The Morgan fingerprint density at radius 2 is 2.00 bits per heavy atom. The highest BCUT2D eigenvalue weighted by molar-refractivity contribution is 5.95. The highest BCUT2D eigenvalue weighted by Crippen LogP contribution is 2.21. The summed E-state index contributed by atoms with van der Waals surface area (Å²) in [6.07, 6.45) is 3.81. The van der Waals surface area contributed by atoms with Gasteiger partial charge in [0.25, 0.3) is 0 Å². The zero-order valence-electron chi connectivity index (χ0n) is 12.3. The Morgan fingerprint density at radius 3 is 2.62 bits per heavy atom. The van der Waals surface area contributed by atoms with Crippen LogP contribution in [0.1, 0.15) is 37.7 Å². The molecule has 0 bridgehead atoms. The number of carbonyl (C=O) groups excluding carboxylic acids is 2. The van der Waals surface area contributed by atoms with Crippen LogP contribution in [-0.4, -0.2) is 24.9 Å². The Hall–Kier alpha value is -1.88. The summed E-state index contributed by atoms with van der Waals surface area (Å²) in [4.78, 5) is 25.1. The van der Waals surface area contributed by atoms with E-state index in [2.05, 4.69) is 5.32 Å². The predicted octanol–water partition coefficient (Wildman–Crippen LogP) is 1.56. The van der Waals surface area contributed by atoms with Gasteiger partial charge >= 0.3 is 0 Å². The van der Waals surface area contributed by atoms with Gasteiger partial charge in [0, 0.05) is 31.6 Å². The SMILES string of the molecule is NCCCCC(=O)NCc1ccc(N2CCCC2=O)cc1. The van der Waals surface area contributed by atoms with E-state index in [9.17, 15) is 9.59 Å². The summed E-state index contributed by atoms with van der Waals surface area (Å²) in [5.74, 6) is 0.248. The van der Waals surface area contributed by atoms with E-state index in [0.29, 0.717) is 25.9 Å². The topological polar surface area (TPSA) is 75.4 Å². The molecule has 0 aromatic heterocycles. The molecule has 5 nitrogen and oxygen atoms in total. The van der Waals surface area contributed by atoms with Gasteiger partial charge in [-0.15, -0.1) is 0 Å². The second kappa shape index (κ2) is 7.78. The molecular weight excluding hydrogens is 266 g/mol. The van der Waals surface area contributed by atoms with Gasteiger partial charge < -0.3 is 16.0 Å². The van der Waals surface area contributed by atoms with Crippen LogP contribution in [-0.2, 0) is 16.1 Å². The van der Waals surface area contributed by atoms with Crippen molar-refractivity contribution in [3.63, 3.8) is 0 Å². The van der Waals surface area contributed by atoms with Gasteiger partial charge in [0.1, 0.15) is 0 Å². The molecule has 1 aromatic carbocycles. The van der Waals surface area contributed by atoms with Gasteiger partial charge in [-0.3, -0.25) is 9.59 Å². The second-order valence-corrected chi connectivity index (χ2v) is 5.34. The third-order valence-corrected chi connectivity index (χ3v) is 3.67. The van der Waals surface area contributed by atoms with E-state index >= 15 is 0 Å². The second-order valence-electron chi connectivity index (χ2n) is 5.34. The van der Waals surface area contributed by atoms with Crippen LogP contribution < -0.4 is 16.0 Å². The molecule has 1 heterocycles. The number of unbranched alkanes of at least 4 members (excludes halogenated alkanes) is 1. The van der Waals surface area contributed by atoms with Gasteiger partial charge in [-0.25, -0.2) is 0 Å². The maximum Gasteiger partial charge on any atom is 0.227 e. The van der Waals surface area contributed by atoms with E-state index in [0.717, 1.165) is 37.1 Å². The van der Waals surface area contributed by atoms with E-state index in [4.69, 9.17) is 5.73 Å². The number of benzene rings is 1. The van der Waals surface area contributed by atoms with Crippen molar-refractivity contribution < 1.29 is 9.59 Å². The van der Waals surface area contributed by atoms with Crippen molar-refractivity contribution in [3.8, 4) is 0 Å². The molecule has 3 N–H and O–H groups in total. The zero-order chi connectivity index (χ0) is 15.1. The quantitative estimate of drug-likeness (QED) is 0.748. The van der Waals surface area contributed by atoms with Gasteiger partial charge in [0.05, 0.1) is 0 Å². The first-order valence-electron chi connectivity index (χ1n) is 7.57. The molecule has 0 aliphatic carbocycles. The van der Waals surface area contributed by atoms with E-state index in [-0.39, 0.29) is 11.8 Å². The van der Waals surface area contributed by atoms with Crippen molar-refractivity contribution >= 4 is 17.5 Å². The minimum atomic E-state index is 0.0576. The van der Waals surface area contributed by atoms with Crippen LogP contribution in [0.5, 0.6) is 0 Å². The first kappa shape index (κ1) is 15.5. The molecule has 0 radical (unpaired) electrons. The van der Waals surface area contributed by atoms with Crippen molar-refractivity contribution in [2.45, 2.75) is 38.6 Å². The largest absolute Gasteiger partial charge is 0.352 e. The fraction of sp³-hybridized carbons (Fsp3) is 0.500. The van der Waals surface area contributed by atoms with Crippen molar-refractivity contribution in [2.75, 3.05) is 18.0 Å². The Kier molecular flexibility index (Phi) is 5.75. The lowest BCUT2D eigenvalue weighted by Crippen LogP contribution is -2.24. The molecule has 1 aromatic rings. The molecule has 5 heteroatoms. The average Bonchev–Trinajstić information content (AvgIpc) is 2.92. The van der Waals surface area contributed by atoms with Gasteiger partial charge in [-0.1, -0.05) is 12.1 Å². The van der Waals surface area contributed by atoms with Crippen molar-refractivity contribution in [3.05, 3.63) is 29.8 Å². The lowest BCUT2D eigenvalue weighted by atomic mass is 10.2. The molecule has 21 heavy (non-hydrogen) atoms. The molecule has 0 saturated carbocycles. The molecule has 0 spiro atoms. The van der Waals surface area contributed by atoms with Crippen LogP contribution in [0.25, 0.3) is 0 Å². The molecule has 2 amide bonds. The normalized spacial score (nSPS) is 14.5. The highest BCUT2D eigenvalue weighted by Gasteiger charge is 2.21. The van der Waals surface area contributed by atoms with Crippen LogP contribution in [0, 0.1) is 0 Å². The Bertz CT molecular complexity index is 485. The third kappa shape index (κ3) is 4.56. The fourth-order valence-electron chi connectivity index (χ4n) is 2.43. The molecule has 1 saturated heterocycles. The Morgan fingerprint density at radius 1 is 1.24 bits per heavy atom. The zero-order valence-corrected chi connectivity index (χ0v) is 12.3. The molecule has 1 aliphatic rings. The van der Waals surface area contributed by atoms with E-state index in [1.165, 1.54) is 0 Å². The van der Waals surface area contributed by atoms with Gasteiger partial charge in [-0.05, 0) is 43.5 Å². The molecule has 2 rings (SSSR count). The van der Waals surface area contributed by atoms with Crippen LogP contribution in [0.3, 0.4) is 0 Å². The number of amides is 2. The van der Waals surface area contributed by atoms with Crippen molar-refractivity contribution in [1.29, 1.82) is 0 Å². The standard InChI is InChI=1S/C16H23N3O2/c17-10-2-1-4-15(20)18-12-13-6-8-14(9-7-13)19-11-3-5-16(19)21/h6-9H,1-5,10-12,17H2,(H,18,20). The number of rotatable bonds is 7. The Labute approximate surface area is 125 Å². The molecular formula is C16H23N3O2. The van der Waals surface area contributed by atoms with Crippen molar-refractivity contribution in [1.82, 2.24) is 5.32 Å².